The molecule has 150 valence electrons. The smallest absolute Gasteiger partial charge is 0.272 e. The van der Waals surface area contributed by atoms with Crippen LogP contribution in [0.2, 0.25) is 0 Å². The molecule has 0 bridgehead atoms. The lowest BCUT2D eigenvalue weighted by Gasteiger charge is -2.06. The van der Waals surface area contributed by atoms with Crippen molar-refractivity contribution in [2.24, 2.45) is 0 Å². The van der Waals surface area contributed by atoms with Crippen molar-refractivity contribution in [3.63, 3.8) is 0 Å². The Bertz CT molecular complexity index is 1050. The summed E-state index contributed by atoms with van der Waals surface area (Å²) in [5.74, 6) is 0.0481. The third-order valence-electron chi connectivity index (χ3n) is 4.12. The summed E-state index contributed by atoms with van der Waals surface area (Å²) in [7, 11) is 0. The number of nitro benzene ring substituents is 1. The molecule has 29 heavy (non-hydrogen) atoms. The molecule has 7 nitrogen and oxygen atoms in total. The predicted octanol–water partition coefficient (Wildman–Crippen LogP) is 5.37. The molecule has 2 aromatic carbocycles. The Morgan fingerprint density at radius 3 is 2.62 bits per heavy atom. The molecule has 0 spiro atoms. The number of halogens is 1. The lowest BCUT2D eigenvalue weighted by Crippen LogP contribution is -2.20. The zero-order valence-corrected chi connectivity index (χ0v) is 18.2. The van der Waals surface area contributed by atoms with Gasteiger partial charge in [-0.15, -0.1) is 11.3 Å². The van der Waals surface area contributed by atoms with E-state index in [9.17, 15) is 14.9 Å². The van der Waals surface area contributed by atoms with Gasteiger partial charge in [0.2, 0.25) is 0 Å². The second kappa shape index (κ2) is 9.15. The Kier molecular flexibility index (Phi) is 6.60. The maximum Gasteiger partial charge on any atom is 0.272 e. The minimum atomic E-state index is -0.456. The van der Waals surface area contributed by atoms with Crippen molar-refractivity contribution in [2.75, 3.05) is 11.9 Å². The molecular formula is C20H18BrN3O4S. The van der Waals surface area contributed by atoms with Crippen molar-refractivity contribution < 1.29 is 14.5 Å². The number of carbonyl (C=O) groups excluding carboxylic acids is 1. The van der Waals surface area contributed by atoms with Crippen LogP contribution in [0.4, 0.5) is 10.8 Å². The van der Waals surface area contributed by atoms with E-state index >= 15 is 0 Å². The van der Waals surface area contributed by atoms with Crippen LogP contribution in [0.1, 0.15) is 17.4 Å². The van der Waals surface area contributed by atoms with Crippen LogP contribution in [0.25, 0.3) is 11.3 Å². The molecule has 1 N–H and O–H groups in total. The van der Waals surface area contributed by atoms with Crippen LogP contribution in [0.15, 0.2) is 46.9 Å². The summed E-state index contributed by atoms with van der Waals surface area (Å²) in [6.07, 6.45) is 0.803. The van der Waals surface area contributed by atoms with E-state index in [0.29, 0.717) is 16.4 Å². The van der Waals surface area contributed by atoms with Gasteiger partial charge in [0.05, 0.1) is 10.6 Å². The maximum absolute atomic E-state index is 12.3. The van der Waals surface area contributed by atoms with E-state index in [1.807, 2.05) is 31.2 Å². The number of thiazole rings is 1. The van der Waals surface area contributed by atoms with E-state index in [2.05, 4.69) is 26.2 Å². The van der Waals surface area contributed by atoms with Gasteiger partial charge >= 0.3 is 0 Å². The third-order valence-corrected chi connectivity index (χ3v) is 5.76. The number of ether oxygens (including phenoxy) is 1. The standard InChI is InChI=1S/C20H18BrN3O4S/c1-3-17-19(13-4-6-14(21)7-5-13)23-20(29-17)22-18(25)11-28-15-8-9-16(24(26)27)12(2)10-15/h4-10H,3,11H2,1-2H3,(H,22,23,25). The zero-order chi connectivity index (χ0) is 21.0. The number of hydrogen-bond donors (Lipinski definition) is 1. The second-order valence-electron chi connectivity index (χ2n) is 6.19. The summed E-state index contributed by atoms with van der Waals surface area (Å²) in [5, 5.41) is 14.1. The van der Waals surface area contributed by atoms with Crippen LogP contribution < -0.4 is 10.1 Å². The highest BCUT2D eigenvalue weighted by molar-refractivity contribution is 9.10. The minimum absolute atomic E-state index is 0.0113. The minimum Gasteiger partial charge on any atom is -0.484 e. The van der Waals surface area contributed by atoms with Crippen molar-refractivity contribution in [2.45, 2.75) is 20.3 Å². The van der Waals surface area contributed by atoms with E-state index in [4.69, 9.17) is 4.74 Å². The molecule has 0 aliphatic carbocycles. The van der Waals surface area contributed by atoms with Crippen molar-refractivity contribution in [1.82, 2.24) is 4.98 Å². The Balaban J connectivity index is 1.66. The maximum atomic E-state index is 12.3. The number of rotatable bonds is 7. The number of anilines is 1. The summed E-state index contributed by atoms with van der Waals surface area (Å²) in [5.41, 5.74) is 2.32. The molecule has 0 saturated carbocycles. The first-order chi connectivity index (χ1) is 13.9. The number of amides is 1. The van der Waals surface area contributed by atoms with E-state index in [1.165, 1.54) is 29.5 Å². The molecule has 0 atom stereocenters. The van der Waals surface area contributed by atoms with Gasteiger partial charge in [-0.3, -0.25) is 20.2 Å². The Morgan fingerprint density at radius 2 is 2.00 bits per heavy atom. The quantitative estimate of drug-likeness (QED) is 0.366. The summed E-state index contributed by atoms with van der Waals surface area (Å²) >= 11 is 4.85. The lowest BCUT2D eigenvalue weighted by molar-refractivity contribution is -0.385. The van der Waals surface area contributed by atoms with Crippen LogP contribution in [-0.2, 0) is 11.2 Å². The molecule has 0 aliphatic heterocycles. The molecule has 1 aromatic heterocycles. The average Bonchev–Trinajstić information content (AvgIpc) is 3.09. The predicted molar refractivity (Wildman–Crippen MR) is 117 cm³/mol. The van der Waals surface area contributed by atoms with Gasteiger partial charge in [-0.1, -0.05) is 35.0 Å². The first-order valence-corrected chi connectivity index (χ1v) is 10.4. The second-order valence-corrected chi connectivity index (χ2v) is 8.19. The fraction of sp³-hybridized carbons (Fsp3) is 0.200. The van der Waals surface area contributed by atoms with Crippen LogP contribution in [0, 0.1) is 17.0 Å². The molecule has 1 amide bonds. The van der Waals surface area contributed by atoms with Crippen molar-refractivity contribution >= 4 is 44.0 Å². The zero-order valence-electron chi connectivity index (χ0n) is 15.8. The van der Waals surface area contributed by atoms with Gasteiger partial charge < -0.3 is 4.74 Å². The third kappa shape index (κ3) is 5.18. The molecule has 0 aliphatic rings. The summed E-state index contributed by atoms with van der Waals surface area (Å²) in [6.45, 7) is 3.45. The summed E-state index contributed by atoms with van der Waals surface area (Å²) in [4.78, 5) is 28.3. The van der Waals surface area contributed by atoms with E-state index in [1.54, 1.807) is 6.92 Å². The fourth-order valence-corrected chi connectivity index (χ4v) is 3.91. The van der Waals surface area contributed by atoms with Gasteiger partial charge in [0.1, 0.15) is 5.75 Å². The molecule has 9 heteroatoms. The van der Waals surface area contributed by atoms with Gasteiger partial charge in [0.25, 0.3) is 11.6 Å². The molecule has 0 saturated heterocycles. The van der Waals surface area contributed by atoms with Crippen LogP contribution in [0.5, 0.6) is 5.75 Å². The van der Waals surface area contributed by atoms with E-state index in [-0.39, 0.29) is 18.2 Å². The SMILES string of the molecule is CCc1sc(NC(=O)COc2ccc([N+](=O)[O-])c(C)c2)nc1-c1ccc(Br)cc1. The summed E-state index contributed by atoms with van der Waals surface area (Å²) < 4.78 is 6.44. The van der Waals surface area contributed by atoms with Crippen LogP contribution >= 0.6 is 27.3 Å². The van der Waals surface area contributed by atoms with Gasteiger partial charge in [0, 0.05) is 26.5 Å². The highest BCUT2D eigenvalue weighted by Crippen LogP contribution is 2.32. The van der Waals surface area contributed by atoms with Gasteiger partial charge in [-0.2, -0.15) is 0 Å². The average molecular weight is 476 g/mol. The number of benzene rings is 2. The number of hydrogen-bond acceptors (Lipinski definition) is 6. The van der Waals surface area contributed by atoms with Crippen molar-refractivity contribution in [3.8, 4) is 17.0 Å². The van der Waals surface area contributed by atoms with Gasteiger partial charge in [-0.25, -0.2) is 4.98 Å². The lowest BCUT2D eigenvalue weighted by atomic mass is 10.1. The molecule has 0 unspecified atom stereocenters. The Labute approximate surface area is 180 Å². The highest BCUT2D eigenvalue weighted by atomic mass is 79.9. The van der Waals surface area contributed by atoms with Gasteiger partial charge in [-0.05, 0) is 37.6 Å². The van der Waals surface area contributed by atoms with Crippen LogP contribution in [-0.4, -0.2) is 22.4 Å². The summed E-state index contributed by atoms with van der Waals surface area (Å²) in [6, 6.07) is 12.2. The topological polar surface area (TPSA) is 94.4 Å². The van der Waals surface area contributed by atoms with Gasteiger partial charge in [0.15, 0.2) is 11.7 Å². The Hall–Kier alpha value is -2.78. The van der Waals surface area contributed by atoms with E-state index in [0.717, 1.165) is 27.0 Å². The number of nitrogens with one attached hydrogen (secondary N) is 1. The van der Waals surface area contributed by atoms with Crippen molar-refractivity contribution in [1.29, 1.82) is 0 Å². The number of nitrogens with zero attached hydrogens (tertiary/aromatic N) is 2. The first-order valence-electron chi connectivity index (χ1n) is 8.80. The number of aromatic nitrogens is 1. The monoisotopic (exact) mass is 475 g/mol. The van der Waals surface area contributed by atoms with Crippen molar-refractivity contribution in [3.05, 3.63) is 67.5 Å². The number of nitro groups is 1. The highest BCUT2D eigenvalue weighted by Gasteiger charge is 2.15. The molecule has 0 radical (unpaired) electrons. The van der Waals surface area contributed by atoms with E-state index < -0.39 is 4.92 Å². The van der Waals surface area contributed by atoms with Crippen LogP contribution in [0.3, 0.4) is 0 Å². The largest absolute Gasteiger partial charge is 0.484 e. The molecular weight excluding hydrogens is 458 g/mol. The first kappa shape index (κ1) is 20.9. The number of aryl methyl sites for hydroxylation is 2. The Morgan fingerprint density at radius 1 is 1.28 bits per heavy atom. The molecule has 3 aromatic rings. The fourth-order valence-electron chi connectivity index (χ4n) is 2.70. The molecule has 1 heterocycles. The molecule has 3 rings (SSSR count). The number of carbonyl (C=O) groups is 1. The molecule has 0 fully saturated rings. The normalized spacial score (nSPS) is 10.6.